The van der Waals surface area contributed by atoms with E-state index in [-0.39, 0.29) is 33.7 Å². The number of rotatable bonds is 4. The molecule has 2 aromatic rings. The number of esters is 1. The molecule has 0 unspecified atom stereocenters. The van der Waals surface area contributed by atoms with Gasteiger partial charge in [-0.25, -0.2) is 9.48 Å². The van der Waals surface area contributed by atoms with E-state index in [0.29, 0.717) is 15.4 Å². The second-order valence-corrected chi connectivity index (χ2v) is 8.26. The number of aromatic amines is 1. The number of benzene rings is 1. The number of carbonyl (C=O) groups is 2. The lowest BCUT2D eigenvalue weighted by atomic mass is 10.1. The highest BCUT2D eigenvalue weighted by molar-refractivity contribution is 7.11. The number of methoxy groups -OCH3 is 1. The first-order valence-corrected chi connectivity index (χ1v) is 11.0. The first kappa shape index (κ1) is 22.0. The zero-order valence-corrected chi connectivity index (χ0v) is 18.9. The number of hydrogen-bond donors (Lipinski definition) is 2. The van der Waals surface area contributed by atoms with E-state index in [2.05, 4.69) is 10.1 Å². The zero-order valence-electron chi connectivity index (χ0n) is 18.1. The molecule has 174 valence electrons. The van der Waals surface area contributed by atoms with Crippen LogP contribution in [0, 0.1) is 5.41 Å². The smallest absolute Gasteiger partial charge is 0.379 e. The molecule has 0 radical (unpaired) electrons. The summed E-state index contributed by atoms with van der Waals surface area (Å²) in [6.07, 6.45) is 9.06. The number of furan rings is 1. The third-order valence-electron chi connectivity index (χ3n) is 5.04. The van der Waals surface area contributed by atoms with Crippen molar-refractivity contribution in [1.29, 1.82) is 5.41 Å². The largest absolute Gasteiger partial charge is 0.493 e. The van der Waals surface area contributed by atoms with Crippen molar-refractivity contribution in [2.75, 3.05) is 7.11 Å². The minimum atomic E-state index is -0.680. The number of ketones is 1. The molecule has 0 amide bonds. The Kier molecular flexibility index (Phi) is 5.59. The fourth-order valence-corrected chi connectivity index (χ4v) is 4.26. The van der Waals surface area contributed by atoms with Crippen LogP contribution in [-0.4, -0.2) is 33.6 Å². The summed E-state index contributed by atoms with van der Waals surface area (Å²) in [5, 5.41) is 12.0. The van der Waals surface area contributed by atoms with Crippen LogP contribution >= 0.6 is 11.3 Å². The van der Waals surface area contributed by atoms with Crippen LogP contribution in [0.1, 0.15) is 16.1 Å². The number of aromatic nitrogens is 3. The molecule has 11 heteroatoms. The second kappa shape index (κ2) is 8.88. The van der Waals surface area contributed by atoms with E-state index < -0.39 is 11.5 Å². The molecule has 0 fully saturated rings. The Morgan fingerprint density at radius 2 is 1.97 bits per heavy atom. The van der Waals surface area contributed by atoms with E-state index in [4.69, 9.17) is 19.3 Å². The number of nitrogens with zero attached hydrogens (tertiary/aromatic N) is 2. The number of carbonyl (C=O) groups excluding carboxylic acids is 2. The van der Waals surface area contributed by atoms with Crippen LogP contribution < -0.4 is 30.4 Å². The predicted molar refractivity (Wildman–Crippen MR) is 125 cm³/mol. The fourth-order valence-electron chi connectivity index (χ4n) is 3.33. The summed E-state index contributed by atoms with van der Waals surface area (Å²) in [5.41, 5.74) is 0.615. The molecular weight excluding hydrogens is 472 g/mol. The molecule has 0 spiro atoms. The Morgan fingerprint density at radius 3 is 2.69 bits per heavy atom. The first-order valence-electron chi connectivity index (χ1n) is 10.2. The Bertz CT molecular complexity index is 1720. The first-order chi connectivity index (χ1) is 16.9. The van der Waals surface area contributed by atoms with Gasteiger partial charge in [0.05, 0.1) is 18.6 Å². The summed E-state index contributed by atoms with van der Waals surface area (Å²) in [5.74, 6) is -0.324. The van der Waals surface area contributed by atoms with Gasteiger partial charge in [0.1, 0.15) is 4.66 Å². The lowest BCUT2D eigenvalue weighted by molar-refractivity contribution is -0.110. The van der Waals surface area contributed by atoms with Gasteiger partial charge in [-0.2, -0.15) is 4.98 Å². The monoisotopic (exact) mass is 488 g/mol. The molecule has 1 aliphatic carbocycles. The summed E-state index contributed by atoms with van der Waals surface area (Å²) in [6, 6.07) is 7.77. The highest BCUT2D eigenvalue weighted by atomic mass is 32.1. The minimum Gasteiger partial charge on any atom is -0.493 e. The Labute approximate surface area is 200 Å². The lowest BCUT2D eigenvalue weighted by Crippen LogP contribution is -2.47. The van der Waals surface area contributed by atoms with Crippen molar-refractivity contribution in [2.45, 2.75) is 0 Å². The van der Waals surface area contributed by atoms with Crippen LogP contribution in [0.25, 0.3) is 16.8 Å². The van der Waals surface area contributed by atoms with E-state index >= 15 is 0 Å². The molecule has 1 aromatic heterocycles. The van der Waals surface area contributed by atoms with Gasteiger partial charge >= 0.3 is 5.97 Å². The van der Waals surface area contributed by atoms with Gasteiger partial charge in [0, 0.05) is 5.57 Å². The van der Waals surface area contributed by atoms with Gasteiger partial charge in [-0.1, -0.05) is 17.4 Å². The van der Waals surface area contributed by atoms with Crippen LogP contribution in [0.5, 0.6) is 11.5 Å². The Morgan fingerprint density at radius 1 is 1.17 bits per heavy atom. The lowest BCUT2D eigenvalue weighted by Gasteiger charge is -2.09. The zero-order chi connectivity index (χ0) is 24.5. The molecule has 3 heterocycles. The maximum Gasteiger partial charge on any atom is 0.379 e. The van der Waals surface area contributed by atoms with Crippen LogP contribution in [0.15, 0.2) is 70.1 Å². The third kappa shape index (κ3) is 4.27. The SMILES string of the molecule is COc1cc(C=c2c(=O)nc3sc(=C4C=CC(=O)C=C4)[nH]n-3c2=N)ccc1OC(=O)c1ccco1. The molecule has 0 saturated heterocycles. The van der Waals surface area contributed by atoms with E-state index in [9.17, 15) is 14.4 Å². The van der Waals surface area contributed by atoms with Gasteiger partial charge in [-0.15, -0.1) is 0 Å². The molecule has 10 nitrogen and oxygen atoms in total. The number of ether oxygens (including phenoxy) is 2. The quantitative estimate of drug-likeness (QED) is 0.323. The molecular formula is C24H16N4O6S. The molecule has 0 bridgehead atoms. The molecule has 2 N–H and O–H groups in total. The van der Waals surface area contributed by atoms with Crippen molar-refractivity contribution in [3.8, 4) is 16.6 Å². The average molecular weight is 488 g/mol. The molecule has 35 heavy (non-hydrogen) atoms. The molecule has 1 aromatic carbocycles. The summed E-state index contributed by atoms with van der Waals surface area (Å²) < 4.78 is 17.7. The van der Waals surface area contributed by atoms with Crippen molar-refractivity contribution in [1.82, 2.24) is 14.8 Å². The minimum absolute atomic E-state index is 0.0456. The van der Waals surface area contributed by atoms with Crippen LogP contribution in [0.4, 0.5) is 0 Å². The molecule has 5 rings (SSSR count). The summed E-state index contributed by atoms with van der Waals surface area (Å²) in [7, 11) is 1.42. The number of allylic oxidation sites excluding steroid dienone is 4. The van der Waals surface area contributed by atoms with Crippen molar-refractivity contribution in [3.63, 3.8) is 0 Å². The van der Waals surface area contributed by atoms with Crippen molar-refractivity contribution >= 4 is 34.7 Å². The fraction of sp³-hybridized carbons (Fsp3) is 0.0417. The van der Waals surface area contributed by atoms with Gasteiger partial charge < -0.3 is 13.9 Å². The Balaban J connectivity index is 1.56. The standard InChI is InChI=1S/C24H16N4O6S/c1-32-19-12-13(4-9-17(19)34-23(31)18-3-2-10-33-18)11-16-20(25)28-24(26-21(16)30)35-22(27-28)14-5-7-15(29)8-6-14/h2-12,25,27H,1H3. The maximum absolute atomic E-state index is 12.7. The van der Waals surface area contributed by atoms with Gasteiger partial charge in [0.25, 0.3) is 5.56 Å². The highest BCUT2D eigenvalue weighted by Crippen LogP contribution is 2.29. The highest BCUT2D eigenvalue weighted by Gasteiger charge is 2.16. The van der Waals surface area contributed by atoms with Gasteiger partial charge in [0.2, 0.25) is 10.9 Å². The maximum atomic E-state index is 12.7. The van der Waals surface area contributed by atoms with Gasteiger partial charge in [0.15, 0.2) is 22.8 Å². The van der Waals surface area contributed by atoms with Crippen molar-refractivity contribution in [3.05, 3.63) is 97.9 Å². The summed E-state index contributed by atoms with van der Waals surface area (Å²) in [6.45, 7) is 0. The van der Waals surface area contributed by atoms with E-state index in [1.165, 1.54) is 59.8 Å². The molecule has 0 atom stereocenters. The number of fused-ring (bicyclic) bond motifs is 1. The van der Waals surface area contributed by atoms with E-state index in [1.54, 1.807) is 30.4 Å². The van der Waals surface area contributed by atoms with E-state index in [0.717, 1.165) is 5.57 Å². The van der Waals surface area contributed by atoms with E-state index in [1.807, 2.05) is 0 Å². The van der Waals surface area contributed by atoms with Crippen molar-refractivity contribution < 1.29 is 23.5 Å². The number of nitrogens with one attached hydrogen (secondary N) is 2. The molecule has 0 saturated carbocycles. The Hall–Kier alpha value is -4.77. The van der Waals surface area contributed by atoms with Crippen molar-refractivity contribution in [2.24, 2.45) is 0 Å². The number of H-pyrrole nitrogens is 1. The van der Waals surface area contributed by atoms with Crippen LogP contribution in [-0.2, 0) is 4.79 Å². The summed E-state index contributed by atoms with van der Waals surface area (Å²) in [4.78, 5) is 40.4. The predicted octanol–water partition coefficient (Wildman–Crippen LogP) is 1.03. The second-order valence-electron chi connectivity index (χ2n) is 7.29. The van der Waals surface area contributed by atoms with Gasteiger partial charge in [-0.3, -0.25) is 20.1 Å². The summed E-state index contributed by atoms with van der Waals surface area (Å²) >= 11 is 1.20. The molecule has 3 aliphatic rings. The third-order valence-corrected chi connectivity index (χ3v) is 6.03. The molecule has 2 aliphatic heterocycles. The van der Waals surface area contributed by atoms with Crippen LogP contribution in [0.3, 0.4) is 0 Å². The number of hydrogen-bond acceptors (Lipinski definition) is 9. The van der Waals surface area contributed by atoms with Gasteiger partial charge in [-0.05, 0) is 60.2 Å². The average Bonchev–Trinajstić information content (AvgIpc) is 3.54. The van der Waals surface area contributed by atoms with Crippen LogP contribution in [0.2, 0.25) is 0 Å². The normalized spacial score (nSPS) is 13.6. The topological polar surface area (TPSA) is 140 Å².